The molecule has 156 valence electrons. The molecule has 3 aromatic rings. The van der Waals surface area contributed by atoms with Gasteiger partial charge < -0.3 is 14.5 Å². The number of hydrogen-bond acceptors (Lipinski definition) is 6. The standard InChI is InChI=1S/C22H26N6O2/c1-16-4-5-17(2)19(14-16)30-18(3)22(29)27-12-10-26(11-13-27)20-6-7-21(25-24-20)28-9-8-23-15-28/h4-9,14-15,18H,10-13H2,1-3H3. The number of amides is 1. The minimum Gasteiger partial charge on any atom is -0.481 e. The molecule has 0 aliphatic carbocycles. The van der Waals surface area contributed by atoms with Crippen molar-refractivity contribution in [3.8, 4) is 11.6 Å². The van der Waals surface area contributed by atoms with E-state index in [4.69, 9.17) is 4.74 Å². The Hall–Kier alpha value is -3.42. The Kier molecular flexibility index (Phi) is 5.65. The van der Waals surface area contributed by atoms with Gasteiger partial charge in [-0.05, 0) is 50.1 Å². The fourth-order valence-electron chi connectivity index (χ4n) is 3.51. The van der Waals surface area contributed by atoms with Crippen molar-refractivity contribution in [2.45, 2.75) is 26.9 Å². The molecule has 0 radical (unpaired) electrons. The molecule has 1 atom stereocenters. The summed E-state index contributed by atoms with van der Waals surface area (Å²) in [4.78, 5) is 20.9. The first kappa shape index (κ1) is 19.9. The van der Waals surface area contributed by atoms with E-state index in [-0.39, 0.29) is 5.91 Å². The summed E-state index contributed by atoms with van der Waals surface area (Å²) in [5.74, 6) is 2.31. The second-order valence-corrected chi connectivity index (χ2v) is 7.56. The van der Waals surface area contributed by atoms with Gasteiger partial charge >= 0.3 is 0 Å². The molecule has 8 nitrogen and oxygen atoms in total. The molecular formula is C22H26N6O2. The van der Waals surface area contributed by atoms with Crippen LogP contribution in [0.3, 0.4) is 0 Å². The second kappa shape index (κ2) is 8.52. The Bertz CT molecular complexity index is 995. The number of piperazine rings is 1. The van der Waals surface area contributed by atoms with Crippen LogP contribution in [0.25, 0.3) is 5.82 Å². The first-order chi connectivity index (χ1) is 14.5. The lowest BCUT2D eigenvalue weighted by atomic mass is 10.1. The number of hydrogen-bond donors (Lipinski definition) is 0. The Morgan fingerprint density at radius 1 is 1.03 bits per heavy atom. The lowest BCUT2D eigenvalue weighted by molar-refractivity contribution is -0.138. The topological polar surface area (TPSA) is 76.4 Å². The Balaban J connectivity index is 1.33. The lowest BCUT2D eigenvalue weighted by Gasteiger charge is -2.36. The first-order valence-corrected chi connectivity index (χ1v) is 10.1. The minimum absolute atomic E-state index is 0.0112. The van der Waals surface area contributed by atoms with Crippen LogP contribution in [0.15, 0.2) is 49.1 Å². The molecule has 1 amide bonds. The molecule has 8 heteroatoms. The number of rotatable bonds is 5. The monoisotopic (exact) mass is 406 g/mol. The van der Waals surface area contributed by atoms with Crippen molar-refractivity contribution in [3.63, 3.8) is 0 Å². The highest BCUT2D eigenvalue weighted by molar-refractivity contribution is 5.81. The zero-order chi connectivity index (χ0) is 21.1. The van der Waals surface area contributed by atoms with Crippen LogP contribution in [-0.4, -0.2) is 62.8 Å². The molecule has 30 heavy (non-hydrogen) atoms. The number of aryl methyl sites for hydroxylation is 2. The molecule has 1 aliphatic heterocycles. The number of imidazole rings is 1. The molecule has 4 rings (SSSR count). The van der Waals surface area contributed by atoms with Crippen molar-refractivity contribution in [2.24, 2.45) is 0 Å². The highest BCUT2D eigenvalue weighted by atomic mass is 16.5. The molecule has 0 bridgehead atoms. The maximum absolute atomic E-state index is 12.9. The molecule has 3 heterocycles. The van der Waals surface area contributed by atoms with Crippen molar-refractivity contribution in [1.82, 2.24) is 24.6 Å². The fraction of sp³-hybridized carbons (Fsp3) is 0.364. The predicted molar refractivity (Wildman–Crippen MR) is 114 cm³/mol. The maximum Gasteiger partial charge on any atom is 0.263 e. The van der Waals surface area contributed by atoms with Crippen LogP contribution in [-0.2, 0) is 4.79 Å². The van der Waals surface area contributed by atoms with E-state index in [9.17, 15) is 4.79 Å². The van der Waals surface area contributed by atoms with E-state index in [2.05, 4.69) is 20.1 Å². The van der Waals surface area contributed by atoms with Gasteiger partial charge in [0.15, 0.2) is 17.7 Å². The summed E-state index contributed by atoms with van der Waals surface area (Å²) in [5.41, 5.74) is 2.15. The van der Waals surface area contributed by atoms with Gasteiger partial charge in [-0.25, -0.2) is 4.98 Å². The van der Waals surface area contributed by atoms with Crippen LogP contribution in [0, 0.1) is 13.8 Å². The van der Waals surface area contributed by atoms with Crippen molar-refractivity contribution in [3.05, 3.63) is 60.2 Å². The van der Waals surface area contributed by atoms with Gasteiger partial charge in [0.1, 0.15) is 12.1 Å². The second-order valence-electron chi connectivity index (χ2n) is 7.56. The van der Waals surface area contributed by atoms with Gasteiger partial charge in [-0.3, -0.25) is 9.36 Å². The van der Waals surface area contributed by atoms with Crippen LogP contribution in [0.2, 0.25) is 0 Å². The quantitative estimate of drug-likeness (QED) is 0.648. The van der Waals surface area contributed by atoms with Crippen LogP contribution < -0.4 is 9.64 Å². The third kappa shape index (κ3) is 4.27. The Labute approximate surface area is 176 Å². The van der Waals surface area contributed by atoms with Gasteiger partial charge in [0.05, 0.1) is 0 Å². The zero-order valence-electron chi connectivity index (χ0n) is 17.5. The van der Waals surface area contributed by atoms with Crippen LogP contribution in [0.5, 0.6) is 5.75 Å². The summed E-state index contributed by atoms with van der Waals surface area (Å²) < 4.78 is 7.78. The van der Waals surface area contributed by atoms with Crippen molar-refractivity contribution >= 4 is 11.7 Å². The number of carbonyl (C=O) groups excluding carboxylic acids is 1. The fourth-order valence-corrected chi connectivity index (χ4v) is 3.51. The SMILES string of the molecule is Cc1ccc(C)c(OC(C)C(=O)N2CCN(c3ccc(-n4ccnc4)nn3)CC2)c1. The third-order valence-electron chi connectivity index (χ3n) is 5.32. The number of benzene rings is 1. The Morgan fingerprint density at radius 3 is 2.43 bits per heavy atom. The van der Waals surface area contributed by atoms with E-state index in [0.717, 1.165) is 28.5 Å². The molecule has 2 aromatic heterocycles. The summed E-state index contributed by atoms with van der Waals surface area (Å²) >= 11 is 0. The van der Waals surface area contributed by atoms with Crippen molar-refractivity contribution in [1.29, 1.82) is 0 Å². The van der Waals surface area contributed by atoms with Crippen molar-refractivity contribution in [2.75, 3.05) is 31.1 Å². The van der Waals surface area contributed by atoms with E-state index in [1.165, 1.54) is 0 Å². The van der Waals surface area contributed by atoms with E-state index >= 15 is 0 Å². The van der Waals surface area contributed by atoms with Gasteiger partial charge in [-0.15, -0.1) is 10.2 Å². The average molecular weight is 406 g/mol. The maximum atomic E-state index is 12.9. The van der Waals surface area contributed by atoms with E-state index in [1.807, 2.05) is 66.8 Å². The van der Waals surface area contributed by atoms with E-state index in [0.29, 0.717) is 26.2 Å². The Morgan fingerprint density at radius 2 is 1.77 bits per heavy atom. The molecule has 1 fully saturated rings. The molecule has 1 aromatic carbocycles. The van der Waals surface area contributed by atoms with E-state index < -0.39 is 6.10 Å². The molecular weight excluding hydrogens is 380 g/mol. The average Bonchev–Trinajstić information content (AvgIpc) is 3.31. The summed E-state index contributed by atoms with van der Waals surface area (Å²) in [6.07, 6.45) is 4.70. The van der Waals surface area contributed by atoms with Gasteiger partial charge in [-0.2, -0.15) is 0 Å². The molecule has 0 N–H and O–H groups in total. The van der Waals surface area contributed by atoms with Gasteiger partial charge in [0.2, 0.25) is 0 Å². The zero-order valence-corrected chi connectivity index (χ0v) is 17.5. The van der Waals surface area contributed by atoms with E-state index in [1.54, 1.807) is 12.5 Å². The normalized spacial score (nSPS) is 15.2. The smallest absolute Gasteiger partial charge is 0.263 e. The van der Waals surface area contributed by atoms with Crippen LogP contribution >= 0.6 is 0 Å². The van der Waals surface area contributed by atoms with Crippen LogP contribution in [0.4, 0.5) is 5.82 Å². The third-order valence-corrected chi connectivity index (χ3v) is 5.32. The summed E-state index contributed by atoms with van der Waals surface area (Å²) in [5, 5.41) is 8.61. The number of nitrogens with zero attached hydrogens (tertiary/aromatic N) is 6. The van der Waals surface area contributed by atoms with Gasteiger partial charge in [0.25, 0.3) is 5.91 Å². The largest absolute Gasteiger partial charge is 0.481 e. The molecule has 1 saturated heterocycles. The minimum atomic E-state index is -0.522. The first-order valence-electron chi connectivity index (χ1n) is 10.1. The summed E-state index contributed by atoms with van der Waals surface area (Å²) in [6.45, 7) is 8.50. The molecule has 0 saturated carbocycles. The molecule has 0 spiro atoms. The lowest BCUT2D eigenvalue weighted by Crippen LogP contribution is -2.52. The molecule has 1 unspecified atom stereocenters. The highest BCUT2D eigenvalue weighted by Crippen LogP contribution is 2.21. The summed E-state index contributed by atoms with van der Waals surface area (Å²) in [7, 11) is 0. The number of anilines is 1. The number of ether oxygens (including phenoxy) is 1. The van der Waals surface area contributed by atoms with Crippen molar-refractivity contribution < 1.29 is 9.53 Å². The highest BCUT2D eigenvalue weighted by Gasteiger charge is 2.27. The van der Waals surface area contributed by atoms with Crippen LogP contribution in [0.1, 0.15) is 18.1 Å². The van der Waals surface area contributed by atoms with Gasteiger partial charge in [-0.1, -0.05) is 12.1 Å². The van der Waals surface area contributed by atoms with Gasteiger partial charge in [0, 0.05) is 38.6 Å². The summed E-state index contributed by atoms with van der Waals surface area (Å²) in [6, 6.07) is 9.90. The number of carbonyl (C=O) groups is 1. The molecule has 1 aliphatic rings. The predicted octanol–water partition coefficient (Wildman–Crippen LogP) is 2.40. The number of aromatic nitrogens is 4.